The van der Waals surface area contributed by atoms with Crippen LogP contribution < -0.4 is 0 Å². The highest BCUT2D eigenvalue weighted by atomic mass is 28.3. The molecule has 2 nitrogen and oxygen atoms in total. The predicted octanol–water partition coefficient (Wildman–Crippen LogP) is 4.41. The molecule has 0 bridgehead atoms. The van der Waals surface area contributed by atoms with Gasteiger partial charge in [0.15, 0.2) is 0 Å². The summed E-state index contributed by atoms with van der Waals surface area (Å²) in [4.78, 5) is 0. The molecule has 0 aliphatic carbocycles. The summed E-state index contributed by atoms with van der Waals surface area (Å²) in [6.45, 7) is 5.83. The van der Waals surface area contributed by atoms with E-state index in [0.717, 1.165) is 25.5 Å². The summed E-state index contributed by atoms with van der Waals surface area (Å²) >= 11 is 0. The molecule has 0 aliphatic rings. The fourth-order valence-electron chi connectivity index (χ4n) is 2.30. The Morgan fingerprint density at radius 3 is 2.50 bits per heavy atom. The standard InChI is InChI=1S/C17H24O2Si/c1-3-12-18-20(13-4-2)19-14-16-10-7-9-15-8-5-6-11-17(15)16/h5-11,20H,3-4,12-14H2,1-2H3. The first kappa shape index (κ1) is 15.2. The van der Waals surface area contributed by atoms with Crippen LogP contribution in [-0.2, 0) is 15.5 Å². The third-order valence-corrected chi connectivity index (χ3v) is 5.53. The zero-order valence-electron chi connectivity index (χ0n) is 12.5. The lowest BCUT2D eigenvalue weighted by molar-refractivity contribution is 0.189. The Balaban J connectivity index is 2.03. The molecule has 0 amide bonds. The predicted molar refractivity (Wildman–Crippen MR) is 87.2 cm³/mol. The van der Waals surface area contributed by atoms with Crippen molar-refractivity contribution in [3.63, 3.8) is 0 Å². The molecule has 0 radical (unpaired) electrons. The van der Waals surface area contributed by atoms with Gasteiger partial charge in [0.05, 0.1) is 6.61 Å². The molecule has 20 heavy (non-hydrogen) atoms. The Bertz CT molecular complexity index is 522. The van der Waals surface area contributed by atoms with Gasteiger partial charge in [0.2, 0.25) is 0 Å². The van der Waals surface area contributed by atoms with Gasteiger partial charge in [-0.25, -0.2) is 0 Å². The quantitative estimate of drug-likeness (QED) is 0.670. The summed E-state index contributed by atoms with van der Waals surface area (Å²) < 4.78 is 12.0. The van der Waals surface area contributed by atoms with E-state index < -0.39 is 9.28 Å². The molecule has 0 saturated carbocycles. The smallest absolute Gasteiger partial charge is 0.321 e. The fraction of sp³-hybridized carbons (Fsp3) is 0.412. The largest absolute Gasteiger partial charge is 0.397 e. The summed E-state index contributed by atoms with van der Waals surface area (Å²) in [5.74, 6) is 0. The molecule has 2 aromatic rings. The van der Waals surface area contributed by atoms with Gasteiger partial charge in [-0.2, -0.15) is 0 Å². The lowest BCUT2D eigenvalue weighted by atomic mass is 10.1. The molecule has 0 aliphatic heterocycles. The van der Waals surface area contributed by atoms with Crippen LogP contribution in [0.3, 0.4) is 0 Å². The lowest BCUT2D eigenvalue weighted by Crippen LogP contribution is -2.22. The average Bonchev–Trinajstić information content (AvgIpc) is 2.50. The van der Waals surface area contributed by atoms with Crippen molar-refractivity contribution in [3.8, 4) is 0 Å². The van der Waals surface area contributed by atoms with Crippen molar-refractivity contribution < 1.29 is 8.85 Å². The Morgan fingerprint density at radius 1 is 0.900 bits per heavy atom. The van der Waals surface area contributed by atoms with Gasteiger partial charge < -0.3 is 8.85 Å². The van der Waals surface area contributed by atoms with E-state index in [-0.39, 0.29) is 0 Å². The molecule has 0 heterocycles. The second-order valence-corrected chi connectivity index (χ2v) is 7.14. The molecule has 0 N–H and O–H groups in total. The van der Waals surface area contributed by atoms with Crippen LogP contribution in [0.15, 0.2) is 42.5 Å². The van der Waals surface area contributed by atoms with Gasteiger partial charge in [-0.05, 0) is 28.8 Å². The number of rotatable bonds is 8. The van der Waals surface area contributed by atoms with E-state index in [9.17, 15) is 0 Å². The van der Waals surface area contributed by atoms with Crippen molar-refractivity contribution >= 4 is 20.1 Å². The molecule has 0 aromatic heterocycles. The molecule has 0 spiro atoms. The summed E-state index contributed by atoms with van der Waals surface area (Å²) in [6, 6.07) is 16.0. The van der Waals surface area contributed by atoms with E-state index in [0.29, 0.717) is 6.61 Å². The highest BCUT2D eigenvalue weighted by molar-refractivity contribution is 6.44. The van der Waals surface area contributed by atoms with Crippen molar-refractivity contribution in [1.29, 1.82) is 0 Å². The first-order valence-electron chi connectivity index (χ1n) is 7.55. The number of benzene rings is 2. The molecule has 2 aromatic carbocycles. The van der Waals surface area contributed by atoms with Crippen molar-refractivity contribution in [1.82, 2.24) is 0 Å². The Kier molecular flexibility index (Phi) is 6.24. The number of fused-ring (bicyclic) bond motifs is 1. The van der Waals surface area contributed by atoms with Gasteiger partial charge in [-0.15, -0.1) is 0 Å². The van der Waals surface area contributed by atoms with E-state index in [4.69, 9.17) is 8.85 Å². The number of hydrogen-bond acceptors (Lipinski definition) is 2. The minimum absolute atomic E-state index is 0.669. The number of hydrogen-bond donors (Lipinski definition) is 0. The van der Waals surface area contributed by atoms with Crippen LogP contribution >= 0.6 is 0 Å². The maximum atomic E-state index is 6.10. The summed E-state index contributed by atoms with van der Waals surface area (Å²) in [5.41, 5.74) is 1.26. The molecular formula is C17H24O2Si. The van der Waals surface area contributed by atoms with E-state index in [1.165, 1.54) is 16.3 Å². The first-order chi connectivity index (χ1) is 9.85. The van der Waals surface area contributed by atoms with E-state index in [1.54, 1.807) is 0 Å². The topological polar surface area (TPSA) is 18.5 Å². The molecule has 0 fully saturated rings. The lowest BCUT2D eigenvalue weighted by Gasteiger charge is -2.16. The molecule has 1 unspecified atom stereocenters. The Hall–Kier alpha value is -1.16. The van der Waals surface area contributed by atoms with Crippen LogP contribution in [0.25, 0.3) is 10.8 Å². The first-order valence-corrected chi connectivity index (χ1v) is 9.31. The van der Waals surface area contributed by atoms with Gasteiger partial charge in [-0.1, -0.05) is 62.7 Å². The summed E-state index contributed by atoms with van der Waals surface area (Å²) in [7, 11) is -1.50. The van der Waals surface area contributed by atoms with E-state index >= 15 is 0 Å². The monoisotopic (exact) mass is 288 g/mol. The zero-order chi connectivity index (χ0) is 14.2. The third kappa shape index (κ3) is 4.17. The van der Waals surface area contributed by atoms with Crippen molar-refractivity contribution in [2.45, 2.75) is 39.3 Å². The highest BCUT2D eigenvalue weighted by Crippen LogP contribution is 2.19. The van der Waals surface area contributed by atoms with Crippen LogP contribution in [-0.4, -0.2) is 15.9 Å². The Morgan fingerprint density at radius 2 is 1.70 bits per heavy atom. The van der Waals surface area contributed by atoms with Gasteiger partial charge in [0.1, 0.15) is 0 Å². The molecular weight excluding hydrogens is 264 g/mol. The fourth-order valence-corrected chi connectivity index (χ4v) is 4.07. The van der Waals surface area contributed by atoms with Crippen LogP contribution in [0.5, 0.6) is 0 Å². The maximum absolute atomic E-state index is 6.10. The van der Waals surface area contributed by atoms with Crippen LogP contribution in [0.1, 0.15) is 32.3 Å². The van der Waals surface area contributed by atoms with Gasteiger partial charge >= 0.3 is 9.28 Å². The van der Waals surface area contributed by atoms with Crippen molar-refractivity contribution in [2.75, 3.05) is 6.61 Å². The molecule has 2 rings (SSSR count). The summed E-state index contributed by atoms with van der Waals surface area (Å²) in [6.07, 6.45) is 2.20. The second-order valence-electron chi connectivity index (χ2n) is 5.04. The van der Waals surface area contributed by atoms with E-state index in [2.05, 4.69) is 56.3 Å². The van der Waals surface area contributed by atoms with Crippen molar-refractivity contribution in [2.24, 2.45) is 0 Å². The third-order valence-electron chi connectivity index (χ3n) is 3.34. The summed E-state index contributed by atoms with van der Waals surface area (Å²) in [5, 5.41) is 2.56. The highest BCUT2D eigenvalue weighted by Gasteiger charge is 2.12. The van der Waals surface area contributed by atoms with Crippen LogP contribution in [0, 0.1) is 0 Å². The molecule has 1 atom stereocenters. The molecule has 3 heteroatoms. The van der Waals surface area contributed by atoms with Gasteiger partial charge in [0.25, 0.3) is 0 Å². The normalized spacial score (nSPS) is 12.7. The maximum Gasteiger partial charge on any atom is 0.321 e. The van der Waals surface area contributed by atoms with Crippen LogP contribution in [0.2, 0.25) is 6.04 Å². The molecule has 0 saturated heterocycles. The molecule has 108 valence electrons. The minimum Gasteiger partial charge on any atom is -0.397 e. The van der Waals surface area contributed by atoms with E-state index in [1.807, 2.05) is 0 Å². The average molecular weight is 288 g/mol. The Labute approximate surface area is 123 Å². The minimum atomic E-state index is -1.50. The van der Waals surface area contributed by atoms with Gasteiger partial charge in [-0.3, -0.25) is 0 Å². The SMILES string of the molecule is CCCO[SiH](CCC)OCc1cccc2ccccc12. The van der Waals surface area contributed by atoms with Crippen molar-refractivity contribution in [3.05, 3.63) is 48.0 Å². The second kappa shape index (κ2) is 8.20. The van der Waals surface area contributed by atoms with Gasteiger partial charge in [0, 0.05) is 6.61 Å². The zero-order valence-corrected chi connectivity index (χ0v) is 13.6. The van der Waals surface area contributed by atoms with Crippen LogP contribution in [0.4, 0.5) is 0 Å².